The van der Waals surface area contributed by atoms with Crippen LogP contribution in [0.2, 0.25) is 18.1 Å². The Morgan fingerprint density at radius 1 is 0.759 bits per heavy atom. The average Bonchev–Trinajstić information content (AvgIpc) is 4.16. The third kappa shape index (κ3) is 12.3. The minimum absolute atomic E-state index is 0.00700. The van der Waals surface area contributed by atoms with Gasteiger partial charge in [-0.2, -0.15) is 18.1 Å². The number of anilines is 2. The Bertz CT molecular complexity index is 3720. The first kappa shape index (κ1) is 58.4. The molecule has 4 aromatic heterocycles. The molecule has 2 aliphatic rings. The Morgan fingerprint density at radius 2 is 1.37 bits per heavy atom. The fourth-order valence-electron chi connectivity index (χ4n) is 9.92. The predicted molar refractivity (Wildman–Crippen MR) is 311 cm³/mol. The Morgan fingerprint density at radius 3 is 2.00 bits per heavy atom. The molecule has 0 unspecified atom stereocenters. The number of amides is 2. The number of ether oxygens (including phenoxy) is 5. The summed E-state index contributed by atoms with van der Waals surface area (Å²) in [6, 6.07) is 33.4. The molecule has 0 aliphatic carbocycles. The van der Waals surface area contributed by atoms with E-state index in [-0.39, 0.29) is 59.9 Å². The number of aromatic amines is 1. The zero-order chi connectivity index (χ0) is 58.8. The second-order valence-corrected chi connectivity index (χ2v) is 28.3. The summed E-state index contributed by atoms with van der Waals surface area (Å²) in [6.45, 7) is 13.5. The van der Waals surface area contributed by atoms with Gasteiger partial charge in [-0.25, -0.2) is 24.1 Å². The first-order chi connectivity index (χ1) is 39.7. The number of nitrogens with one attached hydrogen (secondary N) is 4. The monoisotopic (exact) mass is 1170 g/mol. The molecule has 83 heavy (non-hydrogen) atoms. The minimum Gasteiger partial charge on any atom is -0.497 e. The van der Waals surface area contributed by atoms with Gasteiger partial charge in [0.05, 0.1) is 51.8 Å². The van der Waals surface area contributed by atoms with E-state index in [4.69, 9.17) is 32.3 Å². The van der Waals surface area contributed by atoms with Crippen molar-refractivity contribution in [2.45, 2.75) is 108 Å². The molecule has 436 valence electrons. The molecule has 0 saturated carbocycles. The van der Waals surface area contributed by atoms with Crippen molar-refractivity contribution in [1.29, 1.82) is 0 Å². The van der Waals surface area contributed by atoms with E-state index in [9.17, 15) is 22.8 Å². The number of carbonyl (C=O) groups excluding carboxylic acids is 2. The zero-order valence-corrected chi connectivity index (χ0v) is 49.2. The topological polar surface area (TPSA) is 276 Å². The molecule has 2 saturated heterocycles. The number of carbonyl (C=O) groups is 2. The molecule has 0 bridgehead atoms. The highest BCUT2D eigenvalue weighted by molar-refractivity contribution is 7.84. The fourth-order valence-corrected chi connectivity index (χ4v) is 12.2. The number of nitrogens with zero attached hydrogens (tertiary/aromatic N) is 7. The van der Waals surface area contributed by atoms with Crippen molar-refractivity contribution in [3.8, 4) is 11.5 Å². The first-order valence-electron chi connectivity index (χ1n) is 27.1. The Labute approximate surface area is 480 Å². The summed E-state index contributed by atoms with van der Waals surface area (Å²) in [6.07, 6.45) is -1.20. The van der Waals surface area contributed by atoms with Crippen LogP contribution in [0, 0.1) is 5.92 Å². The van der Waals surface area contributed by atoms with E-state index in [1.165, 1.54) is 17.2 Å². The van der Waals surface area contributed by atoms with Crippen LogP contribution in [0.1, 0.15) is 87.0 Å². The third-order valence-corrected chi connectivity index (χ3v) is 20.9. The lowest BCUT2D eigenvalue weighted by Crippen LogP contribution is -2.48. The molecule has 2 fully saturated rings. The summed E-state index contributed by atoms with van der Waals surface area (Å²) in [5.41, 5.74) is 1.40. The summed E-state index contributed by atoms with van der Waals surface area (Å²) in [5.74, 6) is 0.106. The van der Waals surface area contributed by atoms with Gasteiger partial charge in [-0.1, -0.05) is 107 Å². The maximum Gasteiger partial charge on any atom is 0.336 e. The van der Waals surface area contributed by atoms with Crippen LogP contribution in [-0.2, 0) is 43.5 Å². The summed E-state index contributed by atoms with van der Waals surface area (Å²) in [5, 5.41) is 5.25. The molecule has 6 atom stereocenters. The molecular formula is C58H67N11O12SSi. The van der Waals surface area contributed by atoms with Gasteiger partial charge in [-0.3, -0.25) is 33.8 Å². The molecule has 25 heteroatoms. The number of hydrogen-bond donors (Lipinski definition) is 4. The molecule has 4 aromatic carbocycles. The number of aromatic nitrogens is 8. The Hall–Kier alpha value is -7.75. The average molecular weight is 1170 g/mol. The summed E-state index contributed by atoms with van der Waals surface area (Å²) in [7, 11) is -4.04. The van der Waals surface area contributed by atoms with Gasteiger partial charge in [0.1, 0.15) is 35.8 Å². The molecule has 10 rings (SSSR count). The van der Waals surface area contributed by atoms with Gasteiger partial charge in [0.2, 0.25) is 11.9 Å². The first-order valence-corrected chi connectivity index (χ1v) is 31.5. The van der Waals surface area contributed by atoms with Gasteiger partial charge in [0.25, 0.3) is 11.5 Å². The van der Waals surface area contributed by atoms with Crippen molar-refractivity contribution in [2.75, 3.05) is 38.0 Å². The van der Waals surface area contributed by atoms with E-state index < -0.39 is 78.5 Å². The number of imidazole rings is 2. The Balaban J connectivity index is 0.957. The van der Waals surface area contributed by atoms with Gasteiger partial charge in [-0.15, -0.1) is 0 Å². The molecular weight excluding hydrogens is 1100 g/mol. The molecule has 0 spiro atoms. The predicted octanol–water partition coefficient (Wildman–Crippen LogP) is 8.02. The SMILES string of the molecule is COc1ccc(C(OC[C@@H]2C[C@@H](OS(=O)(=O)NC[C@H]3O[C@@H](n4cnc5c(NC(=O)c6ccccc6)ncnc54)C[C@@H]3O[Si](C)(C)C(C)(C)C)[C@H](n3cnc4c(=O)[nH]c(NC(=O)C(C)C)nc43)O2)(c2ccccc2)c2ccc(OC)cc2)cc1. The maximum absolute atomic E-state index is 14.6. The number of hydrogen-bond acceptors (Lipinski definition) is 17. The lowest BCUT2D eigenvalue weighted by molar-refractivity contribution is -0.118. The van der Waals surface area contributed by atoms with Crippen LogP contribution in [0.5, 0.6) is 11.5 Å². The molecule has 6 heterocycles. The number of H-pyrrole nitrogens is 1. The molecule has 23 nitrogen and oxygen atoms in total. The quantitative estimate of drug-likeness (QED) is 0.0391. The molecule has 4 N–H and O–H groups in total. The minimum atomic E-state index is -4.70. The van der Waals surface area contributed by atoms with E-state index in [0.717, 1.165) is 16.7 Å². The van der Waals surface area contributed by atoms with Gasteiger partial charge < -0.3 is 33.4 Å². The van der Waals surface area contributed by atoms with Gasteiger partial charge >= 0.3 is 10.3 Å². The van der Waals surface area contributed by atoms with Gasteiger partial charge in [0, 0.05) is 30.9 Å². The van der Waals surface area contributed by atoms with Crippen LogP contribution < -0.4 is 30.4 Å². The van der Waals surface area contributed by atoms with Gasteiger partial charge in [-0.05, 0) is 71.2 Å². The summed E-state index contributed by atoms with van der Waals surface area (Å²) in [4.78, 5) is 64.5. The Kier molecular flexibility index (Phi) is 16.8. The van der Waals surface area contributed by atoms with Crippen molar-refractivity contribution in [2.24, 2.45) is 5.92 Å². The smallest absolute Gasteiger partial charge is 0.336 e. The van der Waals surface area contributed by atoms with Gasteiger partial charge in [0.15, 0.2) is 42.7 Å². The van der Waals surface area contributed by atoms with Crippen LogP contribution in [0.15, 0.2) is 133 Å². The number of fused-ring (bicyclic) bond motifs is 2. The van der Waals surface area contributed by atoms with Crippen LogP contribution >= 0.6 is 0 Å². The van der Waals surface area contributed by atoms with Crippen molar-refractivity contribution < 1.29 is 50.3 Å². The second kappa shape index (κ2) is 23.8. The van der Waals surface area contributed by atoms with Crippen LogP contribution in [0.25, 0.3) is 22.3 Å². The third-order valence-electron chi connectivity index (χ3n) is 15.4. The normalized spacial score (nSPS) is 19.6. The van der Waals surface area contributed by atoms with Crippen molar-refractivity contribution >= 4 is 64.5 Å². The number of benzene rings is 4. The molecule has 2 aliphatic heterocycles. The number of rotatable bonds is 21. The van der Waals surface area contributed by atoms with Crippen molar-refractivity contribution in [1.82, 2.24) is 43.8 Å². The van der Waals surface area contributed by atoms with Crippen LogP contribution in [-0.4, -0.2) is 119 Å². The lowest BCUT2D eigenvalue weighted by Gasteiger charge is -2.39. The second-order valence-electron chi connectivity index (χ2n) is 22.2. The van der Waals surface area contributed by atoms with E-state index in [1.807, 2.05) is 84.9 Å². The van der Waals surface area contributed by atoms with E-state index in [0.29, 0.717) is 28.2 Å². The summed E-state index contributed by atoms with van der Waals surface area (Å²) >= 11 is 0. The van der Waals surface area contributed by atoms with Crippen LogP contribution in [0.3, 0.4) is 0 Å². The standard InChI is InChI=1S/C58H67N11O12SSi/c1-35(2)52(70)66-56-65-51-48(54(72)67-56)62-34-69(51)55-44(28-42(78-55)31-77-58(37-18-14-11-15-19-37,38-20-24-40(75-6)25-21-38)39-22-26-41(76-7)27-23-39)80-82(73,74)63-30-45-43(81-83(8,9)57(3,4)5)29-46(79-45)68-33-61-47-49(59-32-60-50(47)68)64-53(71)36-16-12-10-13-17-36/h10-27,32-35,42-46,55,63H,28-31H2,1-9H3,(H,59,60,64,71)(H2,65,66,67,70,72)/t42-,43-,44+,45+,46+,55+/m0/s1. The van der Waals surface area contributed by atoms with E-state index in [2.05, 4.69) is 79.1 Å². The fraction of sp³-hybridized carbons (Fsp3) is 0.379. The lowest BCUT2D eigenvalue weighted by atomic mass is 9.80. The van der Waals surface area contributed by atoms with E-state index >= 15 is 0 Å². The highest BCUT2D eigenvalue weighted by Gasteiger charge is 2.48. The maximum atomic E-state index is 14.6. The molecule has 2 amide bonds. The highest BCUT2D eigenvalue weighted by Crippen LogP contribution is 2.45. The van der Waals surface area contributed by atoms with E-state index in [1.54, 1.807) is 63.2 Å². The highest BCUT2D eigenvalue weighted by atomic mass is 32.2. The molecule has 8 aromatic rings. The number of methoxy groups -OCH3 is 2. The van der Waals surface area contributed by atoms with Crippen LogP contribution in [0.4, 0.5) is 11.8 Å². The zero-order valence-electron chi connectivity index (χ0n) is 47.4. The van der Waals surface area contributed by atoms with Crippen molar-refractivity contribution in [3.05, 3.63) is 161 Å². The molecule has 0 radical (unpaired) electrons. The van der Waals surface area contributed by atoms with Crippen molar-refractivity contribution in [3.63, 3.8) is 0 Å². The summed E-state index contributed by atoms with van der Waals surface area (Å²) < 4.78 is 80.0. The largest absolute Gasteiger partial charge is 0.497 e.